The fraction of sp³-hybridized carbons (Fsp3) is 0.667. The van der Waals surface area contributed by atoms with Crippen LogP contribution in [0.1, 0.15) is 31.9 Å². The Morgan fingerprint density at radius 2 is 2.12 bits per heavy atom. The van der Waals surface area contributed by atoms with E-state index < -0.39 is 0 Å². The normalized spacial score (nSPS) is 10.6. The number of unbranched alkanes of at least 4 members (excludes halogenated alkanes) is 2. The molecule has 16 heavy (non-hydrogen) atoms. The predicted molar refractivity (Wildman–Crippen MR) is 65.6 cm³/mol. The summed E-state index contributed by atoms with van der Waals surface area (Å²) in [5, 5.41) is 7.49. The summed E-state index contributed by atoms with van der Waals surface area (Å²) in [5.74, 6) is 0. The summed E-state index contributed by atoms with van der Waals surface area (Å²) in [5.41, 5.74) is 0.853. The minimum atomic E-state index is -0.0269. The maximum atomic E-state index is 11.4. The molecule has 0 fully saturated rings. The Morgan fingerprint density at radius 3 is 2.88 bits per heavy atom. The van der Waals surface area contributed by atoms with Gasteiger partial charge in [-0.05, 0) is 26.0 Å². The summed E-state index contributed by atoms with van der Waals surface area (Å²) in [4.78, 5) is 11.4. The fourth-order valence-corrected chi connectivity index (χ4v) is 1.52. The zero-order chi connectivity index (χ0) is 11.8. The largest absolute Gasteiger partial charge is 0.315 e. The molecular weight excluding hydrogens is 202 g/mol. The van der Waals surface area contributed by atoms with Gasteiger partial charge in [0.2, 0.25) is 0 Å². The predicted octanol–water partition coefficient (Wildman–Crippen LogP) is 1.33. The molecule has 0 saturated carbocycles. The molecule has 0 bridgehead atoms. The Morgan fingerprint density at radius 1 is 1.31 bits per heavy atom. The minimum absolute atomic E-state index is 0.0269. The van der Waals surface area contributed by atoms with Gasteiger partial charge in [-0.1, -0.05) is 19.8 Å². The molecule has 0 radical (unpaired) electrons. The van der Waals surface area contributed by atoms with Crippen molar-refractivity contribution >= 4 is 0 Å². The van der Waals surface area contributed by atoms with E-state index in [-0.39, 0.29) is 5.56 Å². The highest BCUT2D eigenvalue weighted by Crippen LogP contribution is 1.90. The van der Waals surface area contributed by atoms with Gasteiger partial charge in [0.25, 0.3) is 5.56 Å². The van der Waals surface area contributed by atoms with Crippen molar-refractivity contribution in [2.75, 3.05) is 13.1 Å². The van der Waals surface area contributed by atoms with E-state index in [1.807, 2.05) is 6.92 Å². The van der Waals surface area contributed by atoms with Crippen LogP contribution >= 0.6 is 0 Å². The molecule has 0 atom stereocenters. The van der Waals surface area contributed by atoms with Gasteiger partial charge < -0.3 is 5.32 Å². The van der Waals surface area contributed by atoms with Crippen LogP contribution in [0.25, 0.3) is 0 Å². The third-order valence-electron chi connectivity index (χ3n) is 2.46. The molecule has 0 unspecified atom stereocenters. The van der Waals surface area contributed by atoms with Crippen LogP contribution < -0.4 is 10.9 Å². The second kappa shape index (κ2) is 7.17. The molecule has 90 valence electrons. The van der Waals surface area contributed by atoms with Gasteiger partial charge in [-0.25, -0.2) is 4.68 Å². The van der Waals surface area contributed by atoms with E-state index in [9.17, 15) is 4.79 Å². The van der Waals surface area contributed by atoms with Crippen LogP contribution in [0.2, 0.25) is 0 Å². The Hall–Kier alpha value is -1.16. The number of aromatic nitrogens is 2. The second-order valence-electron chi connectivity index (χ2n) is 3.99. The summed E-state index contributed by atoms with van der Waals surface area (Å²) in [6, 6.07) is 3.31. The summed E-state index contributed by atoms with van der Waals surface area (Å²) in [6.07, 6.45) is 3.70. The van der Waals surface area contributed by atoms with Crippen LogP contribution in [-0.2, 0) is 6.54 Å². The summed E-state index contributed by atoms with van der Waals surface area (Å²) < 4.78 is 1.52. The SMILES string of the molecule is CCCCCNCCn1nc(C)ccc1=O. The Bertz CT molecular complexity index is 360. The first-order valence-electron chi connectivity index (χ1n) is 5.99. The Kier molecular flexibility index (Phi) is 5.78. The molecule has 0 aromatic carbocycles. The lowest BCUT2D eigenvalue weighted by Crippen LogP contribution is -2.29. The molecule has 4 heteroatoms. The molecule has 4 nitrogen and oxygen atoms in total. The summed E-state index contributed by atoms with van der Waals surface area (Å²) in [6.45, 7) is 6.56. The van der Waals surface area contributed by atoms with Crippen molar-refractivity contribution in [1.29, 1.82) is 0 Å². The van der Waals surface area contributed by atoms with Crippen LogP contribution in [-0.4, -0.2) is 22.9 Å². The minimum Gasteiger partial charge on any atom is -0.315 e. The van der Waals surface area contributed by atoms with E-state index >= 15 is 0 Å². The molecule has 0 aliphatic heterocycles. The molecule has 1 heterocycles. The quantitative estimate of drug-likeness (QED) is 0.709. The van der Waals surface area contributed by atoms with E-state index in [1.165, 1.54) is 23.9 Å². The van der Waals surface area contributed by atoms with Gasteiger partial charge in [-0.3, -0.25) is 4.79 Å². The maximum Gasteiger partial charge on any atom is 0.266 e. The van der Waals surface area contributed by atoms with Gasteiger partial charge in [0, 0.05) is 12.6 Å². The summed E-state index contributed by atoms with van der Waals surface area (Å²) >= 11 is 0. The Balaban J connectivity index is 2.26. The van der Waals surface area contributed by atoms with Crippen molar-refractivity contribution < 1.29 is 0 Å². The van der Waals surface area contributed by atoms with Crippen LogP contribution in [0.3, 0.4) is 0 Å². The van der Waals surface area contributed by atoms with Crippen molar-refractivity contribution in [3.8, 4) is 0 Å². The maximum absolute atomic E-state index is 11.4. The average molecular weight is 223 g/mol. The first-order chi connectivity index (χ1) is 7.74. The van der Waals surface area contributed by atoms with E-state index in [4.69, 9.17) is 0 Å². The lowest BCUT2D eigenvalue weighted by atomic mass is 10.2. The first-order valence-corrected chi connectivity index (χ1v) is 5.99. The zero-order valence-corrected chi connectivity index (χ0v) is 10.2. The van der Waals surface area contributed by atoms with Crippen molar-refractivity contribution in [2.45, 2.75) is 39.7 Å². The highest BCUT2D eigenvalue weighted by Gasteiger charge is 1.96. The van der Waals surface area contributed by atoms with Gasteiger partial charge in [0.15, 0.2) is 0 Å². The molecule has 0 aliphatic rings. The van der Waals surface area contributed by atoms with Crippen molar-refractivity contribution in [2.24, 2.45) is 0 Å². The molecule has 1 aromatic heterocycles. The van der Waals surface area contributed by atoms with Crippen LogP contribution in [0.5, 0.6) is 0 Å². The highest BCUT2D eigenvalue weighted by molar-refractivity contribution is 4.96. The smallest absolute Gasteiger partial charge is 0.266 e. The molecule has 1 N–H and O–H groups in total. The van der Waals surface area contributed by atoms with Gasteiger partial charge in [-0.2, -0.15) is 5.10 Å². The van der Waals surface area contributed by atoms with Crippen LogP contribution in [0, 0.1) is 6.92 Å². The third kappa shape index (κ3) is 4.57. The topological polar surface area (TPSA) is 46.9 Å². The average Bonchev–Trinajstić information content (AvgIpc) is 2.28. The van der Waals surface area contributed by atoms with Crippen LogP contribution in [0.4, 0.5) is 0 Å². The van der Waals surface area contributed by atoms with E-state index in [0.29, 0.717) is 6.54 Å². The Labute approximate surface area is 96.7 Å². The van der Waals surface area contributed by atoms with Gasteiger partial charge in [0.1, 0.15) is 0 Å². The van der Waals surface area contributed by atoms with Gasteiger partial charge in [0.05, 0.1) is 12.2 Å². The highest BCUT2D eigenvalue weighted by atomic mass is 16.1. The standard InChI is InChI=1S/C12H21N3O/c1-3-4-5-8-13-9-10-15-12(16)7-6-11(2)14-15/h6-7,13H,3-5,8-10H2,1-2H3. The van der Waals surface area contributed by atoms with E-state index in [0.717, 1.165) is 18.8 Å². The number of hydrogen-bond acceptors (Lipinski definition) is 3. The first kappa shape index (κ1) is 12.9. The van der Waals surface area contributed by atoms with Crippen LogP contribution in [0.15, 0.2) is 16.9 Å². The van der Waals surface area contributed by atoms with Crippen molar-refractivity contribution in [3.05, 3.63) is 28.2 Å². The molecule has 0 spiro atoms. The van der Waals surface area contributed by atoms with E-state index in [2.05, 4.69) is 17.3 Å². The molecule has 0 amide bonds. The number of nitrogens with one attached hydrogen (secondary N) is 1. The fourth-order valence-electron chi connectivity index (χ4n) is 1.52. The summed E-state index contributed by atoms with van der Waals surface area (Å²) in [7, 11) is 0. The zero-order valence-electron chi connectivity index (χ0n) is 10.2. The lowest BCUT2D eigenvalue weighted by molar-refractivity contribution is 0.517. The lowest BCUT2D eigenvalue weighted by Gasteiger charge is -2.06. The van der Waals surface area contributed by atoms with Gasteiger partial charge >= 0.3 is 0 Å². The number of nitrogens with zero attached hydrogens (tertiary/aromatic N) is 2. The van der Waals surface area contributed by atoms with Crippen molar-refractivity contribution in [1.82, 2.24) is 15.1 Å². The molecule has 1 rings (SSSR count). The number of rotatable bonds is 7. The van der Waals surface area contributed by atoms with Crippen molar-refractivity contribution in [3.63, 3.8) is 0 Å². The van der Waals surface area contributed by atoms with Gasteiger partial charge in [-0.15, -0.1) is 0 Å². The molecule has 1 aromatic rings. The van der Waals surface area contributed by atoms with E-state index in [1.54, 1.807) is 12.1 Å². The number of aryl methyl sites for hydroxylation is 1. The molecule has 0 saturated heterocycles. The number of hydrogen-bond donors (Lipinski definition) is 1. The molecule has 0 aliphatic carbocycles. The monoisotopic (exact) mass is 223 g/mol. The third-order valence-corrected chi connectivity index (χ3v) is 2.46. The second-order valence-corrected chi connectivity index (χ2v) is 3.99. The molecular formula is C12H21N3O.